The third-order valence-electron chi connectivity index (χ3n) is 2.06. The minimum atomic E-state index is -0.475. The summed E-state index contributed by atoms with van der Waals surface area (Å²) in [5.41, 5.74) is 5.52. The molecule has 0 fully saturated rings. The molecule has 0 spiro atoms. The van der Waals surface area contributed by atoms with Gasteiger partial charge in [-0.3, -0.25) is 4.79 Å². The van der Waals surface area contributed by atoms with Crippen molar-refractivity contribution in [3.8, 4) is 0 Å². The van der Waals surface area contributed by atoms with Crippen LogP contribution in [0.4, 0.5) is 0 Å². The highest BCUT2D eigenvalue weighted by molar-refractivity contribution is 5.87. The zero-order valence-corrected chi connectivity index (χ0v) is 8.05. The van der Waals surface area contributed by atoms with Crippen LogP contribution in [0.1, 0.15) is 33.1 Å². The van der Waals surface area contributed by atoms with E-state index in [-0.39, 0.29) is 11.7 Å². The van der Waals surface area contributed by atoms with Crippen molar-refractivity contribution in [2.45, 2.75) is 39.2 Å². The van der Waals surface area contributed by atoms with Crippen LogP contribution in [0.5, 0.6) is 0 Å². The van der Waals surface area contributed by atoms with Crippen molar-refractivity contribution >= 4 is 5.78 Å². The Morgan fingerprint density at radius 3 is 2.67 bits per heavy atom. The average Bonchev–Trinajstić information content (AvgIpc) is 2.11. The van der Waals surface area contributed by atoms with Gasteiger partial charge in [-0.15, -0.1) is 6.58 Å². The molecule has 0 aromatic rings. The highest BCUT2D eigenvalue weighted by Gasteiger charge is 2.16. The summed E-state index contributed by atoms with van der Waals surface area (Å²) < 4.78 is 0. The van der Waals surface area contributed by atoms with Crippen LogP contribution in [0.25, 0.3) is 0 Å². The lowest BCUT2D eigenvalue weighted by molar-refractivity contribution is -0.122. The summed E-state index contributed by atoms with van der Waals surface area (Å²) in [6.45, 7) is 7.55. The van der Waals surface area contributed by atoms with E-state index in [9.17, 15) is 4.79 Å². The van der Waals surface area contributed by atoms with Gasteiger partial charge in [-0.2, -0.15) is 0 Å². The maximum atomic E-state index is 11.4. The standard InChI is InChI=1S/C10H19NO/c1-4-6-7-8(3)10(12)9(11)5-2/h5,8-9H,2,4,6-7,11H2,1,3H3. The van der Waals surface area contributed by atoms with E-state index in [0.29, 0.717) is 0 Å². The Hall–Kier alpha value is -0.630. The molecule has 0 aromatic carbocycles. The first-order chi connectivity index (χ1) is 5.63. The lowest BCUT2D eigenvalue weighted by Crippen LogP contribution is -2.32. The van der Waals surface area contributed by atoms with Crippen molar-refractivity contribution < 1.29 is 4.79 Å². The molecule has 2 N–H and O–H groups in total. The van der Waals surface area contributed by atoms with Crippen molar-refractivity contribution in [2.75, 3.05) is 0 Å². The molecule has 0 aliphatic rings. The molecule has 2 atom stereocenters. The summed E-state index contributed by atoms with van der Waals surface area (Å²) in [6, 6.07) is -0.475. The molecule has 0 saturated carbocycles. The first-order valence-corrected chi connectivity index (χ1v) is 4.55. The number of rotatable bonds is 6. The van der Waals surface area contributed by atoms with E-state index in [1.165, 1.54) is 6.08 Å². The van der Waals surface area contributed by atoms with Crippen molar-refractivity contribution in [3.63, 3.8) is 0 Å². The van der Waals surface area contributed by atoms with Crippen LogP contribution in [0, 0.1) is 5.92 Å². The third kappa shape index (κ3) is 3.67. The van der Waals surface area contributed by atoms with Gasteiger partial charge in [-0.25, -0.2) is 0 Å². The molecule has 0 bridgehead atoms. The number of carbonyl (C=O) groups is 1. The Kier molecular flexibility index (Phi) is 5.64. The number of hydrogen-bond donors (Lipinski definition) is 1. The molecule has 2 nitrogen and oxygen atoms in total. The molecule has 70 valence electrons. The van der Waals surface area contributed by atoms with Gasteiger partial charge in [0.25, 0.3) is 0 Å². The fraction of sp³-hybridized carbons (Fsp3) is 0.700. The highest BCUT2D eigenvalue weighted by Crippen LogP contribution is 2.10. The van der Waals surface area contributed by atoms with E-state index in [1.807, 2.05) is 6.92 Å². The topological polar surface area (TPSA) is 43.1 Å². The fourth-order valence-electron chi connectivity index (χ4n) is 1.10. The van der Waals surface area contributed by atoms with Gasteiger partial charge in [0.05, 0.1) is 6.04 Å². The number of carbonyl (C=O) groups excluding carboxylic acids is 1. The zero-order chi connectivity index (χ0) is 9.56. The minimum absolute atomic E-state index is 0.0814. The molecule has 2 heteroatoms. The van der Waals surface area contributed by atoms with Crippen LogP contribution in [0.2, 0.25) is 0 Å². The van der Waals surface area contributed by atoms with Crippen LogP contribution in [-0.4, -0.2) is 11.8 Å². The van der Waals surface area contributed by atoms with Gasteiger partial charge >= 0.3 is 0 Å². The summed E-state index contributed by atoms with van der Waals surface area (Å²) in [5, 5.41) is 0. The van der Waals surface area contributed by atoms with E-state index in [2.05, 4.69) is 13.5 Å². The van der Waals surface area contributed by atoms with Crippen molar-refractivity contribution in [1.29, 1.82) is 0 Å². The van der Waals surface area contributed by atoms with Gasteiger partial charge in [0.15, 0.2) is 5.78 Å². The number of unbranched alkanes of at least 4 members (excludes halogenated alkanes) is 1. The van der Waals surface area contributed by atoms with Gasteiger partial charge in [0.2, 0.25) is 0 Å². The monoisotopic (exact) mass is 169 g/mol. The van der Waals surface area contributed by atoms with Gasteiger partial charge < -0.3 is 5.73 Å². The van der Waals surface area contributed by atoms with Crippen molar-refractivity contribution in [2.24, 2.45) is 11.7 Å². The molecule has 0 aliphatic carbocycles. The molecule has 0 rings (SSSR count). The largest absolute Gasteiger partial charge is 0.318 e. The van der Waals surface area contributed by atoms with Crippen LogP contribution in [0.15, 0.2) is 12.7 Å². The Bertz CT molecular complexity index is 154. The maximum Gasteiger partial charge on any atom is 0.156 e. The predicted octanol–water partition coefficient (Wildman–Crippen LogP) is 1.90. The molecule has 0 radical (unpaired) electrons. The second-order valence-corrected chi connectivity index (χ2v) is 3.21. The Morgan fingerprint density at radius 1 is 1.67 bits per heavy atom. The molecular formula is C10H19NO. The molecule has 2 unspecified atom stereocenters. The lowest BCUT2D eigenvalue weighted by Gasteiger charge is -2.12. The fourth-order valence-corrected chi connectivity index (χ4v) is 1.10. The minimum Gasteiger partial charge on any atom is -0.318 e. The van der Waals surface area contributed by atoms with Crippen LogP contribution in [-0.2, 0) is 4.79 Å². The summed E-state index contributed by atoms with van der Waals surface area (Å²) in [4.78, 5) is 11.4. The van der Waals surface area contributed by atoms with Gasteiger partial charge in [-0.1, -0.05) is 32.8 Å². The van der Waals surface area contributed by atoms with Gasteiger partial charge in [0.1, 0.15) is 0 Å². The van der Waals surface area contributed by atoms with E-state index < -0.39 is 6.04 Å². The van der Waals surface area contributed by atoms with E-state index >= 15 is 0 Å². The third-order valence-corrected chi connectivity index (χ3v) is 2.06. The molecule has 0 heterocycles. The lowest BCUT2D eigenvalue weighted by atomic mass is 9.95. The average molecular weight is 169 g/mol. The van der Waals surface area contributed by atoms with Crippen molar-refractivity contribution in [3.05, 3.63) is 12.7 Å². The summed E-state index contributed by atoms with van der Waals surface area (Å²) >= 11 is 0. The van der Waals surface area contributed by atoms with Crippen LogP contribution >= 0.6 is 0 Å². The predicted molar refractivity (Wildman–Crippen MR) is 51.9 cm³/mol. The first kappa shape index (κ1) is 11.4. The number of ketones is 1. The second kappa shape index (κ2) is 5.95. The molecular weight excluding hydrogens is 150 g/mol. The maximum absolute atomic E-state index is 11.4. The van der Waals surface area contributed by atoms with Crippen LogP contribution in [0.3, 0.4) is 0 Å². The summed E-state index contributed by atoms with van der Waals surface area (Å²) in [5.74, 6) is 0.191. The summed E-state index contributed by atoms with van der Waals surface area (Å²) in [7, 11) is 0. The van der Waals surface area contributed by atoms with E-state index in [4.69, 9.17) is 5.73 Å². The Morgan fingerprint density at radius 2 is 2.25 bits per heavy atom. The number of Topliss-reactive ketones (excluding diaryl/α,β-unsaturated/α-hetero) is 1. The van der Waals surface area contributed by atoms with Gasteiger partial charge in [-0.05, 0) is 6.42 Å². The smallest absolute Gasteiger partial charge is 0.156 e. The SMILES string of the molecule is C=CC(N)C(=O)C(C)CCCC. The zero-order valence-electron chi connectivity index (χ0n) is 8.05. The molecule has 12 heavy (non-hydrogen) atoms. The molecule has 0 aromatic heterocycles. The van der Waals surface area contributed by atoms with Crippen LogP contribution < -0.4 is 5.73 Å². The number of nitrogens with two attached hydrogens (primary N) is 1. The van der Waals surface area contributed by atoms with Gasteiger partial charge in [0, 0.05) is 5.92 Å². The first-order valence-electron chi connectivity index (χ1n) is 4.55. The van der Waals surface area contributed by atoms with E-state index in [1.54, 1.807) is 0 Å². The number of hydrogen-bond acceptors (Lipinski definition) is 2. The molecule has 0 aliphatic heterocycles. The quantitative estimate of drug-likeness (QED) is 0.617. The normalized spacial score (nSPS) is 15.2. The Labute approximate surface area is 74.8 Å². The Balaban J connectivity index is 3.83. The van der Waals surface area contributed by atoms with E-state index in [0.717, 1.165) is 19.3 Å². The second-order valence-electron chi connectivity index (χ2n) is 3.21. The molecule has 0 amide bonds. The summed E-state index contributed by atoms with van der Waals surface area (Å²) in [6.07, 6.45) is 4.67. The highest BCUT2D eigenvalue weighted by atomic mass is 16.1. The van der Waals surface area contributed by atoms with Crippen molar-refractivity contribution in [1.82, 2.24) is 0 Å². The molecule has 0 saturated heterocycles.